The summed E-state index contributed by atoms with van der Waals surface area (Å²) >= 11 is 0. The summed E-state index contributed by atoms with van der Waals surface area (Å²) in [5.74, 6) is 2.24. The molecule has 0 unspecified atom stereocenters. The van der Waals surface area contributed by atoms with Gasteiger partial charge in [-0.15, -0.1) is 12.4 Å². The molecule has 0 amide bonds. The van der Waals surface area contributed by atoms with Crippen molar-refractivity contribution in [1.82, 2.24) is 15.0 Å². The summed E-state index contributed by atoms with van der Waals surface area (Å²) in [6.45, 7) is 3.90. The predicted octanol–water partition coefficient (Wildman–Crippen LogP) is 6.25. The molecule has 8 heteroatoms. The summed E-state index contributed by atoms with van der Waals surface area (Å²) < 4.78 is 0. The quantitative estimate of drug-likeness (QED) is 0.214. The molecular formula is C29H32ClN7. The zero-order valence-electron chi connectivity index (χ0n) is 20.9. The van der Waals surface area contributed by atoms with Crippen LogP contribution in [0, 0.1) is 12.8 Å². The molecule has 1 aliphatic rings. The second kappa shape index (κ2) is 12.8. The van der Waals surface area contributed by atoms with Gasteiger partial charge in [0.2, 0.25) is 17.8 Å². The summed E-state index contributed by atoms with van der Waals surface area (Å²) in [6, 6.07) is 28.8. The Morgan fingerprint density at radius 3 is 2.19 bits per heavy atom. The van der Waals surface area contributed by atoms with Crippen molar-refractivity contribution in [2.75, 3.05) is 28.7 Å². The van der Waals surface area contributed by atoms with E-state index in [-0.39, 0.29) is 12.4 Å². The minimum Gasteiger partial charge on any atom is -0.341 e. The fourth-order valence-electron chi connectivity index (χ4n) is 4.37. The largest absolute Gasteiger partial charge is 0.341 e. The second-order valence-electron chi connectivity index (χ2n) is 9.17. The van der Waals surface area contributed by atoms with E-state index in [4.69, 9.17) is 9.97 Å². The molecule has 7 nitrogen and oxygen atoms in total. The number of nitrogens with one attached hydrogen (secondary N) is 2. The van der Waals surface area contributed by atoms with Gasteiger partial charge in [0.15, 0.2) is 0 Å². The van der Waals surface area contributed by atoms with E-state index >= 15 is 0 Å². The monoisotopic (exact) mass is 513 g/mol. The Kier molecular flexibility index (Phi) is 9.05. The Morgan fingerprint density at radius 2 is 1.49 bits per heavy atom. The third-order valence-electron chi connectivity index (χ3n) is 6.37. The first-order valence-corrected chi connectivity index (χ1v) is 12.4. The number of aromatic nitrogens is 3. The molecule has 0 aliphatic carbocycles. The van der Waals surface area contributed by atoms with E-state index < -0.39 is 0 Å². The van der Waals surface area contributed by atoms with Gasteiger partial charge in [-0.25, -0.2) is 5.43 Å². The number of aryl methyl sites for hydroxylation is 1. The molecular weight excluding hydrogens is 482 g/mol. The first-order chi connectivity index (χ1) is 17.7. The Hall–Kier alpha value is -3.97. The average molecular weight is 514 g/mol. The van der Waals surface area contributed by atoms with Crippen molar-refractivity contribution in [2.45, 2.75) is 26.2 Å². The fraction of sp³-hybridized carbons (Fsp3) is 0.241. The van der Waals surface area contributed by atoms with E-state index in [2.05, 4.69) is 75.1 Å². The van der Waals surface area contributed by atoms with Crippen LogP contribution in [0.5, 0.6) is 0 Å². The lowest BCUT2D eigenvalue weighted by Gasteiger charge is -2.32. The van der Waals surface area contributed by atoms with E-state index in [0.29, 0.717) is 23.8 Å². The van der Waals surface area contributed by atoms with Crippen LogP contribution < -0.4 is 15.6 Å². The second-order valence-corrected chi connectivity index (χ2v) is 9.17. The van der Waals surface area contributed by atoms with Gasteiger partial charge in [0.05, 0.1) is 6.21 Å². The molecule has 0 spiro atoms. The maximum absolute atomic E-state index is 4.75. The highest BCUT2D eigenvalue weighted by atomic mass is 35.5. The van der Waals surface area contributed by atoms with Gasteiger partial charge in [-0.3, -0.25) is 0 Å². The van der Waals surface area contributed by atoms with Gasteiger partial charge >= 0.3 is 0 Å². The van der Waals surface area contributed by atoms with Crippen LogP contribution in [0.1, 0.15) is 29.5 Å². The normalized spacial score (nSPS) is 13.8. The van der Waals surface area contributed by atoms with E-state index in [1.807, 2.05) is 42.5 Å². The summed E-state index contributed by atoms with van der Waals surface area (Å²) in [5.41, 5.74) is 7.52. The summed E-state index contributed by atoms with van der Waals surface area (Å²) in [4.78, 5) is 16.3. The molecule has 4 aromatic rings. The lowest BCUT2D eigenvalue weighted by Crippen LogP contribution is -2.35. The molecule has 0 bridgehead atoms. The summed E-state index contributed by atoms with van der Waals surface area (Å²) in [7, 11) is 0. The SMILES string of the molecule is Cc1ccc(Nc2nc(NN=Cc3ccccc3)nc(N3CCC(Cc4ccccc4)CC3)n2)cc1.Cl. The molecule has 3 aromatic carbocycles. The van der Waals surface area contributed by atoms with Crippen molar-refractivity contribution >= 4 is 42.2 Å². The Labute approximate surface area is 224 Å². The maximum atomic E-state index is 4.75. The molecule has 1 aliphatic heterocycles. The standard InChI is InChI=1S/C29H31N7.ClH/c1-22-12-14-26(15-13-22)31-27-32-28(35-30-21-25-10-6-3-7-11-25)34-29(33-27)36-18-16-24(17-19-36)20-23-8-4-2-5-9-23;/h2-15,21,24H,16-20H2,1H3,(H2,31,32,33,34,35);1H. The smallest absolute Gasteiger partial charge is 0.250 e. The number of hydrogen-bond donors (Lipinski definition) is 2. The summed E-state index contributed by atoms with van der Waals surface area (Å²) in [6.07, 6.45) is 5.09. The zero-order chi connectivity index (χ0) is 24.6. The van der Waals surface area contributed by atoms with Crippen molar-refractivity contribution in [3.05, 3.63) is 102 Å². The molecule has 2 N–H and O–H groups in total. The average Bonchev–Trinajstić information content (AvgIpc) is 2.92. The molecule has 190 valence electrons. The van der Waals surface area contributed by atoms with Crippen LogP contribution in [0.4, 0.5) is 23.5 Å². The Morgan fingerprint density at radius 1 is 0.838 bits per heavy atom. The molecule has 5 rings (SSSR count). The van der Waals surface area contributed by atoms with Gasteiger partial charge in [-0.1, -0.05) is 78.4 Å². The van der Waals surface area contributed by atoms with Crippen LogP contribution in [0.3, 0.4) is 0 Å². The highest BCUT2D eigenvalue weighted by Gasteiger charge is 2.22. The topological polar surface area (TPSA) is 78.3 Å². The maximum Gasteiger partial charge on any atom is 0.250 e. The predicted molar refractivity (Wildman–Crippen MR) is 154 cm³/mol. The summed E-state index contributed by atoms with van der Waals surface area (Å²) in [5, 5.41) is 7.66. The number of piperidine rings is 1. The zero-order valence-corrected chi connectivity index (χ0v) is 21.7. The molecule has 1 saturated heterocycles. The number of hydrazone groups is 1. The first-order valence-electron chi connectivity index (χ1n) is 12.4. The molecule has 1 fully saturated rings. The molecule has 0 saturated carbocycles. The Bertz CT molecular complexity index is 1270. The van der Waals surface area contributed by atoms with Crippen molar-refractivity contribution in [1.29, 1.82) is 0 Å². The van der Waals surface area contributed by atoms with E-state index in [1.165, 1.54) is 11.1 Å². The number of benzene rings is 3. The van der Waals surface area contributed by atoms with Gasteiger partial charge in [0.1, 0.15) is 0 Å². The number of rotatable bonds is 8. The lowest BCUT2D eigenvalue weighted by molar-refractivity contribution is 0.400. The minimum absolute atomic E-state index is 0. The minimum atomic E-state index is 0. The van der Waals surface area contributed by atoms with Gasteiger partial charge in [-0.05, 0) is 55.4 Å². The third kappa shape index (κ3) is 7.51. The molecule has 37 heavy (non-hydrogen) atoms. The number of anilines is 4. The highest BCUT2D eigenvalue weighted by Crippen LogP contribution is 2.25. The van der Waals surface area contributed by atoms with Gasteiger partial charge in [0, 0.05) is 18.8 Å². The van der Waals surface area contributed by atoms with Crippen molar-refractivity contribution < 1.29 is 0 Å². The highest BCUT2D eigenvalue weighted by molar-refractivity contribution is 5.85. The van der Waals surface area contributed by atoms with Crippen molar-refractivity contribution in [3.63, 3.8) is 0 Å². The molecule has 0 atom stereocenters. The first kappa shape index (κ1) is 26.1. The van der Waals surface area contributed by atoms with Gasteiger partial charge in [-0.2, -0.15) is 20.1 Å². The van der Waals surface area contributed by atoms with Crippen LogP contribution in [0.2, 0.25) is 0 Å². The fourth-order valence-corrected chi connectivity index (χ4v) is 4.37. The van der Waals surface area contributed by atoms with Crippen LogP contribution in [0.25, 0.3) is 0 Å². The molecule has 0 radical (unpaired) electrons. The van der Waals surface area contributed by atoms with Crippen molar-refractivity contribution in [3.8, 4) is 0 Å². The third-order valence-corrected chi connectivity index (χ3v) is 6.37. The number of nitrogens with zero attached hydrogens (tertiary/aromatic N) is 5. The molecule has 1 aromatic heterocycles. The van der Waals surface area contributed by atoms with Gasteiger partial charge in [0.25, 0.3) is 0 Å². The van der Waals surface area contributed by atoms with Crippen molar-refractivity contribution in [2.24, 2.45) is 11.0 Å². The Balaban J connectivity index is 0.00000320. The van der Waals surface area contributed by atoms with E-state index in [9.17, 15) is 0 Å². The number of hydrogen-bond acceptors (Lipinski definition) is 7. The number of halogens is 1. The van der Waals surface area contributed by atoms with Crippen LogP contribution >= 0.6 is 12.4 Å². The van der Waals surface area contributed by atoms with Crippen LogP contribution in [-0.4, -0.2) is 34.3 Å². The molecule has 2 heterocycles. The van der Waals surface area contributed by atoms with Crippen LogP contribution in [-0.2, 0) is 6.42 Å². The lowest BCUT2D eigenvalue weighted by atomic mass is 9.90. The van der Waals surface area contributed by atoms with E-state index in [0.717, 1.165) is 43.6 Å². The van der Waals surface area contributed by atoms with E-state index in [1.54, 1.807) is 6.21 Å². The van der Waals surface area contributed by atoms with Gasteiger partial charge < -0.3 is 10.2 Å². The van der Waals surface area contributed by atoms with Crippen LogP contribution in [0.15, 0.2) is 90.0 Å².